The van der Waals surface area contributed by atoms with Crippen LogP contribution in [-0.4, -0.2) is 38.4 Å². The molecule has 2 radical (unpaired) electrons. The summed E-state index contributed by atoms with van der Waals surface area (Å²) in [6.07, 6.45) is 12.0. The number of carbonyl (C=O) groups is 2. The van der Waals surface area contributed by atoms with Crippen molar-refractivity contribution in [1.29, 1.82) is 0 Å². The summed E-state index contributed by atoms with van der Waals surface area (Å²) in [5.41, 5.74) is 0. The highest BCUT2D eigenvalue weighted by molar-refractivity contribution is 6.08. The summed E-state index contributed by atoms with van der Waals surface area (Å²) >= 11 is 2.69. The van der Waals surface area contributed by atoms with E-state index in [4.69, 9.17) is 10.2 Å². The Morgan fingerprint density at radius 3 is 1.33 bits per heavy atom. The lowest BCUT2D eigenvalue weighted by Crippen LogP contribution is -1.83. The van der Waals surface area contributed by atoms with E-state index in [9.17, 15) is 9.59 Å². The maximum absolute atomic E-state index is 9.75. The van der Waals surface area contributed by atoms with Gasteiger partial charge in [0.25, 0.3) is 0 Å². The molecule has 0 aliphatic rings. The number of allylic oxidation sites excluding steroid dienone is 6. The molecule has 0 aliphatic heterocycles. The molecule has 116 valence electrons. The maximum Gasteiger partial charge on any atom is 0.328 e. The Kier molecular flexibility index (Phi) is 24.2. The predicted molar refractivity (Wildman–Crippen MR) is 88.6 cm³/mol. The van der Waals surface area contributed by atoms with Crippen LogP contribution in [0.1, 0.15) is 27.7 Å². The summed E-state index contributed by atoms with van der Waals surface area (Å²) in [7, 11) is 0. The van der Waals surface area contributed by atoms with Crippen molar-refractivity contribution in [1.82, 2.24) is 0 Å². The smallest absolute Gasteiger partial charge is 0.328 e. The quantitative estimate of drug-likeness (QED) is 0.462. The Hall–Kier alpha value is -1.57. The number of hydrogen-bond acceptors (Lipinski definition) is 2. The van der Waals surface area contributed by atoms with E-state index in [1.807, 2.05) is 13.8 Å². The number of carboxylic acids is 2. The fourth-order valence-electron chi connectivity index (χ4n) is 0.498. The Bertz CT molecular complexity index is 334. The van der Waals surface area contributed by atoms with Crippen LogP contribution >= 0.6 is 0 Å². The summed E-state index contributed by atoms with van der Waals surface area (Å²) in [5.74, 6) is -0.980. The van der Waals surface area contributed by atoms with Gasteiger partial charge in [-0.15, -0.1) is 5.28 Å². The molecule has 0 aromatic heterocycles. The van der Waals surface area contributed by atoms with Gasteiger partial charge in [-0.2, -0.15) is 0 Å². The molecule has 0 atom stereocenters. The highest BCUT2D eigenvalue weighted by atomic mass is 27.0. The molecule has 0 spiro atoms. The second-order valence-corrected chi connectivity index (χ2v) is 4.55. The van der Waals surface area contributed by atoms with E-state index in [1.54, 1.807) is 24.3 Å². The van der Waals surface area contributed by atoms with E-state index in [0.29, 0.717) is 0 Å². The molecular formula is C16H25AlO4. The summed E-state index contributed by atoms with van der Waals surface area (Å²) in [4.78, 5) is 19.5. The van der Waals surface area contributed by atoms with Crippen LogP contribution in [0.15, 0.2) is 48.6 Å². The predicted octanol–water partition coefficient (Wildman–Crippen LogP) is 3.64. The van der Waals surface area contributed by atoms with E-state index >= 15 is 0 Å². The van der Waals surface area contributed by atoms with Gasteiger partial charge in [-0.3, -0.25) is 0 Å². The largest absolute Gasteiger partial charge is 0.478 e. The highest BCUT2D eigenvalue weighted by Gasteiger charge is 1.79. The van der Waals surface area contributed by atoms with Crippen molar-refractivity contribution in [3.8, 4) is 0 Å². The van der Waals surface area contributed by atoms with Crippen LogP contribution in [-0.2, 0) is 9.59 Å². The monoisotopic (exact) mass is 308 g/mol. The van der Waals surface area contributed by atoms with Gasteiger partial charge in [0.2, 0.25) is 0 Å². The van der Waals surface area contributed by atoms with Gasteiger partial charge in [0.15, 0.2) is 0 Å². The van der Waals surface area contributed by atoms with Crippen LogP contribution in [0, 0.1) is 5.92 Å². The van der Waals surface area contributed by atoms with Gasteiger partial charge in [0, 0.05) is 12.2 Å². The van der Waals surface area contributed by atoms with Crippen molar-refractivity contribution < 1.29 is 19.8 Å². The molecule has 0 fully saturated rings. The Morgan fingerprint density at radius 1 is 0.905 bits per heavy atom. The molecule has 0 unspecified atom stereocenters. The van der Waals surface area contributed by atoms with Crippen molar-refractivity contribution in [3.63, 3.8) is 0 Å². The zero-order chi connectivity index (χ0) is 17.1. The normalized spacial score (nSPS) is 10.7. The molecule has 5 heteroatoms. The van der Waals surface area contributed by atoms with Crippen LogP contribution in [0.3, 0.4) is 0 Å². The third-order valence-corrected chi connectivity index (χ3v) is 2.50. The van der Waals surface area contributed by atoms with Gasteiger partial charge in [-0.25, -0.2) is 9.59 Å². The van der Waals surface area contributed by atoms with Gasteiger partial charge >= 0.3 is 11.9 Å². The fraction of sp³-hybridized carbons (Fsp3) is 0.375. The third-order valence-electron chi connectivity index (χ3n) is 1.56. The van der Waals surface area contributed by atoms with Crippen molar-refractivity contribution in [3.05, 3.63) is 48.6 Å². The lowest BCUT2D eigenvalue weighted by molar-refractivity contribution is -0.132. The van der Waals surface area contributed by atoms with E-state index in [2.05, 4.69) is 30.1 Å². The first-order chi connectivity index (χ1) is 9.81. The molecule has 2 N–H and O–H groups in total. The van der Waals surface area contributed by atoms with Crippen LogP contribution in [0.25, 0.3) is 0 Å². The molecule has 0 rings (SSSR count). The van der Waals surface area contributed by atoms with Crippen LogP contribution in [0.2, 0.25) is 5.28 Å². The van der Waals surface area contributed by atoms with Crippen molar-refractivity contribution in [2.45, 2.75) is 33.0 Å². The molecule has 0 aromatic rings. The molecule has 4 nitrogen and oxygen atoms in total. The fourth-order valence-corrected chi connectivity index (χ4v) is 0.498. The van der Waals surface area contributed by atoms with E-state index in [-0.39, 0.29) is 0 Å². The summed E-state index contributed by atoms with van der Waals surface area (Å²) in [6, 6.07) is 0. The molecule has 0 aliphatic carbocycles. The average molecular weight is 308 g/mol. The number of carboxylic acid groups (broad SMARTS) is 2. The highest BCUT2D eigenvalue weighted by Crippen LogP contribution is 1.92. The Morgan fingerprint density at radius 2 is 1.19 bits per heavy atom. The second kappa shape index (κ2) is 20.7. The standard InChI is InChI=1S/2C6H8O2.C4H9.Al/c2*1-2-3-4-5-6(7)8;1-4(2)3;/h2*2-5H,1H3,(H,7,8);4H,1H2,2-3H3;. The first kappa shape index (κ1) is 24.5. The minimum absolute atomic E-state index is 0.847. The number of aliphatic carboxylic acids is 2. The maximum atomic E-state index is 9.75. The second-order valence-electron chi connectivity index (χ2n) is 4.08. The number of rotatable bonds is 5. The molecule has 0 heterocycles. The summed E-state index contributed by atoms with van der Waals surface area (Å²) < 4.78 is 0. The minimum Gasteiger partial charge on any atom is -0.478 e. The Balaban J connectivity index is -0.000000239. The van der Waals surface area contributed by atoms with E-state index in [1.165, 1.54) is 17.4 Å². The van der Waals surface area contributed by atoms with Crippen molar-refractivity contribution in [2.24, 2.45) is 5.92 Å². The lowest BCUT2D eigenvalue weighted by atomic mass is 10.3. The lowest BCUT2D eigenvalue weighted by Gasteiger charge is -1.91. The van der Waals surface area contributed by atoms with Crippen molar-refractivity contribution in [2.75, 3.05) is 0 Å². The van der Waals surface area contributed by atoms with Crippen LogP contribution < -0.4 is 0 Å². The molecule has 0 bridgehead atoms. The molecule has 0 saturated heterocycles. The SMILES string of the molecule is CC(C)[CH2][Al].CC=CC=CC(=O)O.CC=CC=CC(=O)O. The zero-order valence-corrected chi connectivity index (χ0v) is 14.3. The zero-order valence-electron chi connectivity index (χ0n) is 13.2. The van der Waals surface area contributed by atoms with Gasteiger partial charge in [-0.1, -0.05) is 56.2 Å². The first-order valence-corrected chi connectivity index (χ1v) is 7.38. The van der Waals surface area contributed by atoms with Gasteiger partial charge in [0.05, 0.1) is 0 Å². The van der Waals surface area contributed by atoms with Gasteiger partial charge in [-0.05, 0) is 13.8 Å². The van der Waals surface area contributed by atoms with Crippen molar-refractivity contribution >= 4 is 28.2 Å². The molecule has 0 saturated carbocycles. The van der Waals surface area contributed by atoms with Gasteiger partial charge in [0.1, 0.15) is 16.3 Å². The molecular weight excluding hydrogens is 283 g/mol. The molecule has 0 amide bonds. The number of hydrogen-bond donors (Lipinski definition) is 2. The van der Waals surface area contributed by atoms with E-state index in [0.717, 1.165) is 18.1 Å². The summed E-state index contributed by atoms with van der Waals surface area (Å²) in [6.45, 7) is 8.05. The summed E-state index contributed by atoms with van der Waals surface area (Å²) in [5, 5.41) is 17.3. The topological polar surface area (TPSA) is 74.6 Å². The van der Waals surface area contributed by atoms with E-state index < -0.39 is 11.9 Å². The molecule has 21 heavy (non-hydrogen) atoms. The van der Waals surface area contributed by atoms with Gasteiger partial charge < -0.3 is 10.2 Å². The van der Waals surface area contributed by atoms with Crippen LogP contribution in [0.5, 0.6) is 0 Å². The Labute approximate surface area is 136 Å². The molecule has 0 aromatic carbocycles. The van der Waals surface area contributed by atoms with Crippen LogP contribution in [0.4, 0.5) is 0 Å². The third kappa shape index (κ3) is 45.7. The average Bonchev–Trinajstić information content (AvgIpc) is 2.40. The first-order valence-electron chi connectivity index (χ1n) is 6.56. The minimum atomic E-state index is -0.914.